The van der Waals surface area contributed by atoms with E-state index in [0.717, 1.165) is 11.3 Å². The number of hydrogen-bond donors (Lipinski definition) is 1. The molecule has 1 rings (SSSR count). The molecule has 0 aliphatic carbocycles. The standard InChI is InChI=1S/C8H12O2/c1-6(9)5-8-3-4-10-7(8)2/h3-4,6,9H,5H2,1-2H3. The summed E-state index contributed by atoms with van der Waals surface area (Å²) in [7, 11) is 0. The number of aryl methyl sites for hydroxylation is 1. The first-order valence-electron chi connectivity index (χ1n) is 3.41. The molecule has 1 unspecified atom stereocenters. The van der Waals surface area contributed by atoms with Gasteiger partial charge in [0.2, 0.25) is 0 Å². The van der Waals surface area contributed by atoms with Gasteiger partial charge in [-0.1, -0.05) is 0 Å². The lowest BCUT2D eigenvalue weighted by molar-refractivity contribution is 0.195. The maximum absolute atomic E-state index is 9.01. The monoisotopic (exact) mass is 140 g/mol. The van der Waals surface area contributed by atoms with E-state index in [9.17, 15) is 0 Å². The second-order valence-electron chi connectivity index (χ2n) is 2.56. The van der Waals surface area contributed by atoms with Crippen molar-refractivity contribution in [3.8, 4) is 0 Å². The second-order valence-corrected chi connectivity index (χ2v) is 2.56. The van der Waals surface area contributed by atoms with Crippen molar-refractivity contribution in [2.75, 3.05) is 0 Å². The minimum Gasteiger partial charge on any atom is -0.469 e. The van der Waals surface area contributed by atoms with E-state index in [-0.39, 0.29) is 6.10 Å². The molecule has 0 fully saturated rings. The lowest BCUT2D eigenvalue weighted by atomic mass is 10.1. The minimum absolute atomic E-state index is 0.281. The zero-order valence-corrected chi connectivity index (χ0v) is 6.29. The van der Waals surface area contributed by atoms with Crippen LogP contribution in [-0.4, -0.2) is 11.2 Å². The fourth-order valence-corrected chi connectivity index (χ4v) is 0.941. The molecular weight excluding hydrogens is 128 g/mol. The molecule has 1 N–H and O–H groups in total. The number of hydrogen-bond acceptors (Lipinski definition) is 2. The molecule has 0 bridgehead atoms. The van der Waals surface area contributed by atoms with Gasteiger partial charge in [0, 0.05) is 6.42 Å². The Balaban J connectivity index is 2.65. The highest BCUT2D eigenvalue weighted by Gasteiger charge is 2.03. The van der Waals surface area contributed by atoms with Crippen molar-refractivity contribution in [1.29, 1.82) is 0 Å². The highest BCUT2D eigenvalue weighted by atomic mass is 16.3. The molecule has 1 aromatic rings. The summed E-state index contributed by atoms with van der Waals surface area (Å²) in [6.45, 7) is 3.67. The lowest BCUT2D eigenvalue weighted by Gasteiger charge is -2.00. The molecule has 0 amide bonds. The Morgan fingerprint density at radius 1 is 1.70 bits per heavy atom. The van der Waals surface area contributed by atoms with Crippen molar-refractivity contribution >= 4 is 0 Å². The lowest BCUT2D eigenvalue weighted by Crippen LogP contribution is -2.03. The third kappa shape index (κ3) is 1.61. The van der Waals surface area contributed by atoms with E-state index in [1.165, 1.54) is 0 Å². The van der Waals surface area contributed by atoms with Crippen LogP contribution in [0.5, 0.6) is 0 Å². The summed E-state index contributed by atoms with van der Waals surface area (Å²) in [6, 6.07) is 1.89. The molecule has 1 heterocycles. The van der Waals surface area contributed by atoms with Crippen LogP contribution in [0.3, 0.4) is 0 Å². The molecule has 0 spiro atoms. The molecule has 0 saturated heterocycles. The van der Waals surface area contributed by atoms with Crippen LogP contribution in [0, 0.1) is 6.92 Å². The molecule has 0 aliphatic rings. The van der Waals surface area contributed by atoms with E-state index in [0.29, 0.717) is 6.42 Å². The highest BCUT2D eigenvalue weighted by molar-refractivity contribution is 5.15. The summed E-state index contributed by atoms with van der Waals surface area (Å²) in [4.78, 5) is 0. The Hall–Kier alpha value is -0.760. The van der Waals surface area contributed by atoms with E-state index < -0.39 is 0 Å². The molecule has 1 aromatic heterocycles. The predicted molar refractivity (Wildman–Crippen MR) is 38.8 cm³/mol. The van der Waals surface area contributed by atoms with Crippen molar-refractivity contribution in [2.24, 2.45) is 0 Å². The van der Waals surface area contributed by atoms with Crippen LogP contribution in [0.15, 0.2) is 16.7 Å². The van der Waals surface area contributed by atoms with Gasteiger partial charge in [0.25, 0.3) is 0 Å². The molecule has 0 aromatic carbocycles. The maximum atomic E-state index is 9.01. The van der Waals surface area contributed by atoms with Gasteiger partial charge < -0.3 is 9.52 Å². The quantitative estimate of drug-likeness (QED) is 0.675. The van der Waals surface area contributed by atoms with Gasteiger partial charge in [-0.25, -0.2) is 0 Å². The average molecular weight is 140 g/mol. The largest absolute Gasteiger partial charge is 0.469 e. The fourth-order valence-electron chi connectivity index (χ4n) is 0.941. The number of furan rings is 1. The van der Waals surface area contributed by atoms with E-state index in [2.05, 4.69) is 0 Å². The van der Waals surface area contributed by atoms with Crippen LogP contribution < -0.4 is 0 Å². The average Bonchev–Trinajstić information content (AvgIpc) is 2.15. The van der Waals surface area contributed by atoms with Crippen LogP contribution >= 0.6 is 0 Å². The van der Waals surface area contributed by atoms with Crippen molar-refractivity contribution in [1.82, 2.24) is 0 Å². The van der Waals surface area contributed by atoms with Gasteiger partial charge in [0.05, 0.1) is 12.4 Å². The van der Waals surface area contributed by atoms with Gasteiger partial charge in [-0.15, -0.1) is 0 Å². The Morgan fingerprint density at radius 2 is 2.40 bits per heavy atom. The van der Waals surface area contributed by atoms with Crippen LogP contribution in [0.25, 0.3) is 0 Å². The van der Waals surface area contributed by atoms with E-state index >= 15 is 0 Å². The molecule has 2 nitrogen and oxygen atoms in total. The van der Waals surface area contributed by atoms with Crippen LogP contribution in [0.2, 0.25) is 0 Å². The Labute approximate surface area is 60.5 Å². The first kappa shape index (κ1) is 7.35. The zero-order valence-electron chi connectivity index (χ0n) is 6.29. The minimum atomic E-state index is -0.281. The van der Waals surface area contributed by atoms with Gasteiger partial charge in [-0.2, -0.15) is 0 Å². The molecular formula is C8H12O2. The Bertz CT molecular complexity index is 201. The molecule has 0 saturated carbocycles. The second kappa shape index (κ2) is 2.88. The van der Waals surface area contributed by atoms with Gasteiger partial charge in [-0.05, 0) is 25.5 Å². The summed E-state index contributed by atoms with van der Waals surface area (Å²) in [5.41, 5.74) is 1.09. The fraction of sp³-hybridized carbons (Fsp3) is 0.500. The molecule has 2 heteroatoms. The van der Waals surface area contributed by atoms with Crippen LogP contribution in [-0.2, 0) is 6.42 Å². The van der Waals surface area contributed by atoms with Crippen LogP contribution in [0.1, 0.15) is 18.2 Å². The van der Waals surface area contributed by atoms with E-state index in [1.54, 1.807) is 13.2 Å². The van der Waals surface area contributed by atoms with Gasteiger partial charge in [0.15, 0.2) is 0 Å². The highest BCUT2D eigenvalue weighted by Crippen LogP contribution is 2.10. The Morgan fingerprint density at radius 3 is 2.80 bits per heavy atom. The maximum Gasteiger partial charge on any atom is 0.103 e. The van der Waals surface area contributed by atoms with E-state index in [4.69, 9.17) is 9.52 Å². The smallest absolute Gasteiger partial charge is 0.103 e. The number of aliphatic hydroxyl groups is 1. The molecule has 0 aliphatic heterocycles. The van der Waals surface area contributed by atoms with Gasteiger partial charge in [0.1, 0.15) is 5.76 Å². The number of rotatable bonds is 2. The topological polar surface area (TPSA) is 33.4 Å². The third-order valence-electron chi connectivity index (χ3n) is 1.48. The first-order chi connectivity index (χ1) is 4.70. The summed E-state index contributed by atoms with van der Waals surface area (Å²) in [5.74, 6) is 0.904. The normalized spacial score (nSPS) is 13.5. The van der Waals surface area contributed by atoms with Gasteiger partial charge in [-0.3, -0.25) is 0 Å². The predicted octanol–water partition coefficient (Wildman–Crippen LogP) is 1.51. The summed E-state index contributed by atoms with van der Waals surface area (Å²) in [6.07, 6.45) is 2.05. The number of aliphatic hydroxyl groups excluding tert-OH is 1. The van der Waals surface area contributed by atoms with Crippen molar-refractivity contribution < 1.29 is 9.52 Å². The zero-order chi connectivity index (χ0) is 7.56. The Kier molecular flexibility index (Phi) is 2.12. The summed E-state index contributed by atoms with van der Waals surface area (Å²) < 4.78 is 5.05. The van der Waals surface area contributed by atoms with Gasteiger partial charge >= 0.3 is 0 Å². The molecule has 56 valence electrons. The SMILES string of the molecule is Cc1occc1CC(C)O. The van der Waals surface area contributed by atoms with E-state index in [1.807, 2.05) is 13.0 Å². The first-order valence-corrected chi connectivity index (χ1v) is 3.41. The van der Waals surface area contributed by atoms with Crippen molar-refractivity contribution in [2.45, 2.75) is 26.4 Å². The molecule has 10 heavy (non-hydrogen) atoms. The summed E-state index contributed by atoms with van der Waals surface area (Å²) >= 11 is 0. The molecule has 0 radical (unpaired) electrons. The third-order valence-corrected chi connectivity index (χ3v) is 1.48. The van der Waals surface area contributed by atoms with Crippen molar-refractivity contribution in [3.05, 3.63) is 23.7 Å². The molecule has 1 atom stereocenters. The summed E-state index contributed by atoms with van der Waals surface area (Å²) in [5, 5.41) is 9.01. The van der Waals surface area contributed by atoms with Crippen molar-refractivity contribution in [3.63, 3.8) is 0 Å². The van der Waals surface area contributed by atoms with Crippen LogP contribution in [0.4, 0.5) is 0 Å².